The van der Waals surface area contributed by atoms with Gasteiger partial charge in [0.2, 0.25) is 0 Å². The molecule has 0 radical (unpaired) electrons. The summed E-state index contributed by atoms with van der Waals surface area (Å²) in [6, 6.07) is 10.4. The van der Waals surface area contributed by atoms with Gasteiger partial charge in [-0.05, 0) is 26.9 Å². The average Bonchev–Trinajstić information content (AvgIpc) is 3.27. The lowest BCUT2D eigenvalue weighted by Crippen LogP contribution is -2.36. The van der Waals surface area contributed by atoms with Gasteiger partial charge < -0.3 is 19.7 Å². The molecule has 0 unspecified atom stereocenters. The van der Waals surface area contributed by atoms with Crippen molar-refractivity contribution in [2.24, 2.45) is 0 Å². The second-order valence-corrected chi connectivity index (χ2v) is 9.20. The number of aromatic nitrogens is 4. The Morgan fingerprint density at radius 2 is 1.91 bits per heavy atom. The van der Waals surface area contributed by atoms with Crippen molar-refractivity contribution in [3.05, 3.63) is 54.2 Å². The van der Waals surface area contributed by atoms with Gasteiger partial charge in [-0.1, -0.05) is 30.3 Å². The van der Waals surface area contributed by atoms with Gasteiger partial charge in [-0.15, -0.1) is 0 Å². The molecule has 0 spiro atoms. The summed E-state index contributed by atoms with van der Waals surface area (Å²) < 4.78 is 2.35. The number of likely N-dealkylation sites (N-methyl/N-ethyl adjacent to an activating group) is 1. The Bertz CT molecular complexity index is 1120. The first-order chi connectivity index (χ1) is 16.1. The lowest BCUT2D eigenvalue weighted by Gasteiger charge is -2.34. The average molecular weight is 446 g/mol. The third-order valence-corrected chi connectivity index (χ3v) is 6.57. The van der Waals surface area contributed by atoms with E-state index in [0.717, 1.165) is 67.5 Å². The van der Waals surface area contributed by atoms with Gasteiger partial charge in [-0.3, -0.25) is 4.79 Å². The van der Waals surface area contributed by atoms with Crippen LogP contribution in [0, 0.1) is 0 Å². The number of nitrogens with one attached hydrogen (secondary N) is 1. The number of fused-ring (bicyclic) bond motifs is 1. The minimum Gasteiger partial charge on any atom is -0.363 e. The van der Waals surface area contributed by atoms with E-state index in [1.54, 1.807) is 6.33 Å². The van der Waals surface area contributed by atoms with Gasteiger partial charge in [-0.2, -0.15) is 0 Å². The summed E-state index contributed by atoms with van der Waals surface area (Å²) in [6.07, 6.45) is 6.23. The van der Waals surface area contributed by atoms with Crippen LogP contribution in [-0.4, -0.2) is 70.5 Å². The van der Waals surface area contributed by atoms with Crippen molar-refractivity contribution in [2.75, 3.05) is 50.5 Å². The SMILES string of the molecule is CN(C)CCn1cc(-c2ccccc2)nc1C1CCN(c2ncnc3c2CC(=O)CN3)CC1. The molecule has 1 aromatic carbocycles. The molecule has 8 heteroatoms. The number of carbonyl (C=O) groups excluding carboxylic acids is 1. The van der Waals surface area contributed by atoms with Gasteiger partial charge in [0.15, 0.2) is 5.78 Å². The zero-order valence-electron chi connectivity index (χ0n) is 19.4. The van der Waals surface area contributed by atoms with Crippen LogP contribution in [0.15, 0.2) is 42.9 Å². The Balaban J connectivity index is 1.36. The van der Waals surface area contributed by atoms with Crippen LogP contribution in [0.5, 0.6) is 0 Å². The second-order valence-electron chi connectivity index (χ2n) is 9.20. The van der Waals surface area contributed by atoms with E-state index in [1.807, 2.05) is 6.07 Å². The van der Waals surface area contributed by atoms with Gasteiger partial charge in [-0.25, -0.2) is 15.0 Å². The second kappa shape index (κ2) is 9.31. The zero-order chi connectivity index (χ0) is 22.8. The summed E-state index contributed by atoms with van der Waals surface area (Å²) in [6.45, 7) is 4.04. The van der Waals surface area contributed by atoms with E-state index in [1.165, 1.54) is 5.82 Å². The van der Waals surface area contributed by atoms with Crippen LogP contribution < -0.4 is 10.2 Å². The fourth-order valence-corrected chi connectivity index (χ4v) is 4.77. The van der Waals surface area contributed by atoms with E-state index in [0.29, 0.717) is 18.9 Å². The molecule has 4 heterocycles. The number of piperidine rings is 1. The van der Waals surface area contributed by atoms with Crippen molar-refractivity contribution in [3.8, 4) is 11.3 Å². The number of ketones is 1. The minimum atomic E-state index is 0.185. The summed E-state index contributed by atoms with van der Waals surface area (Å²) >= 11 is 0. The maximum atomic E-state index is 12.0. The molecular weight excluding hydrogens is 414 g/mol. The molecule has 0 aliphatic carbocycles. The molecule has 0 amide bonds. The Morgan fingerprint density at radius 3 is 2.67 bits per heavy atom. The van der Waals surface area contributed by atoms with Crippen molar-refractivity contribution in [3.63, 3.8) is 0 Å². The summed E-state index contributed by atoms with van der Waals surface area (Å²) in [5, 5.41) is 3.13. The van der Waals surface area contributed by atoms with Gasteiger partial charge in [0.05, 0.1) is 12.2 Å². The number of carbonyl (C=O) groups is 1. The number of hydrogen-bond acceptors (Lipinski definition) is 7. The molecule has 33 heavy (non-hydrogen) atoms. The molecule has 2 aromatic heterocycles. The topological polar surface area (TPSA) is 79.2 Å². The lowest BCUT2D eigenvalue weighted by molar-refractivity contribution is -0.117. The quantitative estimate of drug-likeness (QED) is 0.625. The van der Waals surface area contributed by atoms with Gasteiger partial charge in [0.25, 0.3) is 0 Å². The van der Waals surface area contributed by atoms with Gasteiger partial charge in [0, 0.05) is 55.8 Å². The fourth-order valence-electron chi connectivity index (χ4n) is 4.77. The summed E-state index contributed by atoms with van der Waals surface area (Å²) in [5.41, 5.74) is 3.14. The smallest absolute Gasteiger partial charge is 0.156 e. The third kappa shape index (κ3) is 4.61. The van der Waals surface area contributed by atoms with Crippen LogP contribution in [-0.2, 0) is 17.8 Å². The zero-order valence-corrected chi connectivity index (χ0v) is 19.4. The molecule has 8 nitrogen and oxygen atoms in total. The maximum Gasteiger partial charge on any atom is 0.156 e. The minimum absolute atomic E-state index is 0.185. The van der Waals surface area contributed by atoms with E-state index in [2.05, 4.69) is 74.2 Å². The first kappa shape index (κ1) is 21.6. The van der Waals surface area contributed by atoms with Crippen molar-refractivity contribution in [1.29, 1.82) is 0 Å². The van der Waals surface area contributed by atoms with E-state index in [9.17, 15) is 4.79 Å². The first-order valence-corrected chi connectivity index (χ1v) is 11.7. The van der Waals surface area contributed by atoms with Crippen LogP contribution in [0.4, 0.5) is 11.6 Å². The van der Waals surface area contributed by atoms with Crippen LogP contribution in [0.2, 0.25) is 0 Å². The molecule has 5 rings (SSSR count). The Hall–Kier alpha value is -3.26. The monoisotopic (exact) mass is 445 g/mol. The van der Waals surface area contributed by atoms with Crippen molar-refractivity contribution < 1.29 is 4.79 Å². The Kier molecular flexibility index (Phi) is 6.09. The number of Topliss-reactive ketones (excluding diaryl/α,β-unsaturated/α-hetero) is 1. The molecule has 1 fully saturated rings. The number of anilines is 2. The summed E-state index contributed by atoms with van der Waals surface area (Å²) in [4.78, 5) is 30.5. The predicted octanol–water partition coefficient (Wildman–Crippen LogP) is 2.82. The molecule has 3 aromatic rings. The standard InChI is InChI=1S/C25H31N7O/c1-30(2)12-13-32-16-22(18-6-4-3-5-7-18)29-24(32)19-8-10-31(11-9-19)25-21-14-20(33)15-26-23(21)27-17-28-25/h3-7,16-17,19H,8-15H2,1-2H3,(H,26,27,28). The highest BCUT2D eigenvalue weighted by molar-refractivity contribution is 5.90. The van der Waals surface area contributed by atoms with Gasteiger partial charge >= 0.3 is 0 Å². The van der Waals surface area contributed by atoms with E-state index >= 15 is 0 Å². The first-order valence-electron chi connectivity index (χ1n) is 11.7. The maximum absolute atomic E-state index is 12.0. The van der Waals surface area contributed by atoms with Crippen molar-refractivity contribution in [2.45, 2.75) is 31.7 Å². The van der Waals surface area contributed by atoms with Crippen LogP contribution in [0.3, 0.4) is 0 Å². The highest BCUT2D eigenvalue weighted by Crippen LogP contribution is 2.34. The Morgan fingerprint density at radius 1 is 1.12 bits per heavy atom. The fraction of sp³-hybridized carbons (Fsp3) is 0.440. The summed E-state index contributed by atoms with van der Waals surface area (Å²) in [7, 11) is 4.21. The number of hydrogen-bond donors (Lipinski definition) is 1. The third-order valence-electron chi connectivity index (χ3n) is 6.57. The Labute approximate surface area is 194 Å². The molecule has 172 valence electrons. The van der Waals surface area contributed by atoms with Crippen molar-refractivity contribution in [1.82, 2.24) is 24.4 Å². The highest BCUT2D eigenvalue weighted by atomic mass is 16.1. The molecule has 2 aliphatic heterocycles. The number of rotatable bonds is 6. The predicted molar refractivity (Wildman–Crippen MR) is 130 cm³/mol. The van der Waals surface area contributed by atoms with Crippen LogP contribution in [0.1, 0.15) is 30.1 Å². The number of imidazole rings is 1. The molecular formula is C25H31N7O. The highest BCUT2D eigenvalue weighted by Gasteiger charge is 2.29. The normalized spacial score (nSPS) is 16.7. The van der Waals surface area contributed by atoms with Gasteiger partial charge in [0.1, 0.15) is 23.8 Å². The molecule has 1 N–H and O–H groups in total. The number of benzene rings is 1. The number of nitrogens with zero attached hydrogens (tertiary/aromatic N) is 6. The lowest BCUT2D eigenvalue weighted by atomic mass is 9.95. The molecule has 0 saturated carbocycles. The molecule has 2 aliphatic rings. The summed E-state index contributed by atoms with van der Waals surface area (Å²) in [5.74, 6) is 3.47. The molecule has 1 saturated heterocycles. The largest absolute Gasteiger partial charge is 0.363 e. The molecule has 0 atom stereocenters. The van der Waals surface area contributed by atoms with E-state index in [-0.39, 0.29) is 5.78 Å². The van der Waals surface area contributed by atoms with Crippen molar-refractivity contribution >= 4 is 17.4 Å². The van der Waals surface area contributed by atoms with Crippen LogP contribution in [0.25, 0.3) is 11.3 Å². The van der Waals surface area contributed by atoms with E-state index < -0.39 is 0 Å². The van der Waals surface area contributed by atoms with Crippen LogP contribution >= 0.6 is 0 Å². The van der Waals surface area contributed by atoms with E-state index in [4.69, 9.17) is 4.98 Å². The molecule has 0 bridgehead atoms.